The summed E-state index contributed by atoms with van der Waals surface area (Å²) in [7, 11) is 0. The van der Waals surface area contributed by atoms with Crippen molar-refractivity contribution in [1.29, 1.82) is 0 Å². The fourth-order valence-corrected chi connectivity index (χ4v) is 1.98. The van der Waals surface area contributed by atoms with Crippen LogP contribution in [0.5, 0.6) is 0 Å². The molecule has 19 heavy (non-hydrogen) atoms. The van der Waals surface area contributed by atoms with E-state index in [1.54, 1.807) is 12.3 Å². The summed E-state index contributed by atoms with van der Waals surface area (Å²) >= 11 is 0. The molecule has 0 radical (unpaired) electrons. The van der Waals surface area contributed by atoms with Crippen LogP contribution in [0.25, 0.3) is 5.57 Å². The first-order chi connectivity index (χ1) is 9.05. The molecule has 0 aliphatic heterocycles. The highest BCUT2D eigenvalue weighted by Crippen LogP contribution is 2.24. The van der Waals surface area contributed by atoms with Gasteiger partial charge in [-0.25, -0.2) is 4.98 Å². The van der Waals surface area contributed by atoms with Gasteiger partial charge in [-0.15, -0.1) is 0 Å². The van der Waals surface area contributed by atoms with Crippen molar-refractivity contribution in [3.63, 3.8) is 0 Å². The predicted octanol–water partition coefficient (Wildman–Crippen LogP) is 3.65. The van der Waals surface area contributed by atoms with Crippen molar-refractivity contribution in [3.05, 3.63) is 67.0 Å². The molecule has 0 saturated carbocycles. The Morgan fingerprint density at radius 1 is 1.37 bits per heavy atom. The van der Waals surface area contributed by atoms with Crippen molar-refractivity contribution in [2.45, 2.75) is 26.3 Å². The molecule has 0 fully saturated rings. The standard InChI is InChI=1S/C16H19N3/c1-5-6-13(2)14-7-8-15(18-11-14)16(3,4)19-10-9-17-12-19/h5-12H,1H2,2-4H3. The lowest BCUT2D eigenvalue weighted by atomic mass is 9.98. The lowest BCUT2D eigenvalue weighted by molar-refractivity contribution is 0.422. The largest absolute Gasteiger partial charge is 0.326 e. The van der Waals surface area contributed by atoms with E-state index in [9.17, 15) is 0 Å². The number of allylic oxidation sites excluding steroid dienone is 3. The Morgan fingerprint density at radius 3 is 2.68 bits per heavy atom. The maximum atomic E-state index is 4.59. The van der Waals surface area contributed by atoms with Gasteiger partial charge in [-0.3, -0.25) is 4.98 Å². The van der Waals surface area contributed by atoms with E-state index in [1.165, 1.54) is 0 Å². The van der Waals surface area contributed by atoms with Gasteiger partial charge in [0.05, 0.1) is 17.6 Å². The Balaban J connectivity index is 2.33. The van der Waals surface area contributed by atoms with Crippen LogP contribution in [0.15, 0.2) is 55.8 Å². The Morgan fingerprint density at radius 2 is 2.16 bits per heavy atom. The lowest BCUT2D eigenvalue weighted by Crippen LogP contribution is -2.27. The molecular formula is C16H19N3. The van der Waals surface area contributed by atoms with Crippen molar-refractivity contribution < 1.29 is 0 Å². The summed E-state index contributed by atoms with van der Waals surface area (Å²) in [5, 5.41) is 0. The molecule has 0 spiro atoms. The van der Waals surface area contributed by atoms with Gasteiger partial charge in [0, 0.05) is 18.6 Å². The van der Waals surface area contributed by atoms with Crippen LogP contribution in [-0.4, -0.2) is 14.5 Å². The molecule has 0 unspecified atom stereocenters. The maximum Gasteiger partial charge on any atom is 0.0954 e. The van der Waals surface area contributed by atoms with Crippen LogP contribution in [0.1, 0.15) is 32.0 Å². The Bertz CT molecular complexity index is 575. The monoisotopic (exact) mass is 253 g/mol. The van der Waals surface area contributed by atoms with E-state index >= 15 is 0 Å². The highest BCUT2D eigenvalue weighted by atomic mass is 15.1. The van der Waals surface area contributed by atoms with Crippen LogP contribution in [0, 0.1) is 0 Å². The zero-order valence-electron chi connectivity index (χ0n) is 11.7. The topological polar surface area (TPSA) is 30.7 Å². The zero-order chi connectivity index (χ0) is 13.9. The highest BCUT2D eigenvalue weighted by molar-refractivity contribution is 5.64. The summed E-state index contributed by atoms with van der Waals surface area (Å²) in [5.41, 5.74) is 3.09. The number of hydrogen-bond acceptors (Lipinski definition) is 2. The molecule has 2 aromatic heterocycles. The maximum absolute atomic E-state index is 4.59. The van der Waals surface area contributed by atoms with Gasteiger partial charge in [0.25, 0.3) is 0 Å². The van der Waals surface area contributed by atoms with Gasteiger partial charge in [-0.1, -0.05) is 24.8 Å². The molecule has 0 saturated heterocycles. The van der Waals surface area contributed by atoms with Crippen LogP contribution in [0.2, 0.25) is 0 Å². The lowest BCUT2D eigenvalue weighted by Gasteiger charge is -2.26. The summed E-state index contributed by atoms with van der Waals surface area (Å²) < 4.78 is 2.06. The second kappa shape index (κ2) is 5.22. The van der Waals surface area contributed by atoms with Gasteiger partial charge in [0.1, 0.15) is 0 Å². The van der Waals surface area contributed by atoms with Crippen LogP contribution in [0.4, 0.5) is 0 Å². The Hall–Kier alpha value is -2.16. The number of rotatable bonds is 4. The molecule has 0 N–H and O–H groups in total. The molecule has 2 aromatic rings. The summed E-state index contributed by atoms with van der Waals surface area (Å²) in [5.74, 6) is 0. The quantitative estimate of drug-likeness (QED) is 0.779. The molecule has 3 heteroatoms. The van der Waals surface area contributed by atoms with Gasteiger partial charge in [0.15, 0.2) is 0 Å². The zero-order valence-corrected chi connectivity index (χ0v) is 11.7. The molecule has 0 aromatic carbocycles. The highest BCUT2D eigenvalue weighted by Gasteiger charge is 2.23. The van der Waals surface area contributed by atoms with E-state index in [2.05, 4.69) is 54.0 Å². The average Bonchev–Trinajstić information content (AvgIpc) is 2.94. The molecule has 0 aliphatic carbocycles. The summed E-state index contributed by atoms with van der Waals surface area (Å²) in [6.45, 7) is 10.0. The third kappa shape index (κ3) is 2.65. The van der Waals surface area contributed by atoms with Gasteiger partial charge in [-0.2, -0.15) is 0 Å². The van der Waals surface area contributed by atoms with E-state index < -0.39 is 0 Å². The minimum atomic E-state index is -0.203. The molecule has 2 heterocycles. The number of pyridine rings is 1. The normalized spacial score (nSPS) is 12.5. The molecule has 0 bridgehead atoms. The fourth-order valence-electron chi connectivity index (χ4n) is 1.98. The second-order valence-electron chi connectivity index (χ2n) is 5.05. The van der Waals surface area contributed by atoms with Crippen LogP contribution >= 0.6 is 0 Å². The van der Waals surface area contributed by atoms with Crippen LogP contribution < -0.4 is 0 Å². The molecule has 98 valence electrons. The predicted molar refractivity (Wildman–Crippen MR) is 78.7 cm³/mol. The average molecular weight is 253 g/mol. The van der Waals surface area contributed by atoms with Crippen LogP contribution in [0.3, 0.4) is 0 Å². The first-order valence-electron chi connectivity index (χ1n) is 6.30. The second-order valence-corrected chi connectivity index (χ2v) is 5.05. The molecule has 0 atom stereocenters. The molecular weight excluding hydrogens is 234 g/mol. The Labute approximate surface area is 114 Å². The summed E-state index contributed by atoms with van der Waals surface area (Å²) in [6, 6.07) is 4.16. The van der Waals surface area contributed by atoms with Crippen molar-refractivity contribution in [1.82, 2.24) is 14.5 Å². The van der Waals surface area contributed by atoms with Crippen molar-refractivity contribution in [2.24, 2.45) is 0 Å². The molecule has 0 aliphatic rings. The minimum absolute atomic E-state index is 0.203. The number of imidazole rings is 1. The smallest absolute Gasteiger partial charge is 0.0954 e. The third-order valence-electron chi connectivity index (χ3n) is 3.36. The number of nitrogens with zero attached hydrogens (tertiary/aromatic N) is 3. The van der Waals surface area contributed by atoms with E-state index in [1.807, 2.05) is 24.8 Å². The summed E-state index contributed by atoms with van der Waals surface area (Å²) in [4.78, 5) is 8.69. The van der Waals surface area contributed by atoms with E-state index in [0.29, 0.717) is 0 Å². The van der Waals surface area contributed by atoms with Gasteiger partial charge < -0.3 is 4.57 Å². The molecule has 2 rings (SSSR count). The summed E-state index contributed by atoms with van der Waals surface area (Å²) in [6.07, 6.45) is 11.2. The van der Waals surface area contributed by atoms with Crippen LogP contribution in [-0.2, 0) is 5.54 Å². The SMILES string of the molecule is C=CC=C(C)c1ccc(C(C)(C)n2ccnc2)nc1. The Kier molecular flexibility index (Phi) is 3.65. The minimum Gasteiger partial charge on any atom is -0.326 e. The first-order valence-corrected chi connectivity index (χ1v) is 6.30. The van der Waals surface area contributed by atoms with E-state index in [-0.39, 0.29) is 5.54 Å². The van der Waals surface area contributed by atoms with Gasteiger partial charge >= 0.3 is 0 Å². The number of hydrogen-bond donors (Lipinski definition) is 0. The fraction of sp³-hybridized carbons (Fsp3) is 0.250. The van der Waals surface area contributed by atoms with Crippen molar-refractivity contribution >= 4 is 5.57 Å². The van der Waals surface area contributed by atoms with Crippen molar-refractivity contribution in [2.75, 3.05) is 0 Å². The third-order valence-corrected chi connectivity index (χ3v) is 3.36. The number of aromatic nitrogens is 3. The van der Waals surface area contributed by atoms with E-state index in [0.717, 1.165) is 16.8 Å². The van der Waals surface area contributed by atoms with Gasteiger partial charge in [-0.05, 0) is 38.0 Å². The van der Waals surface area contributed by atoms with Crippen molar-refractivity contribution in [3.8, 4) is 0 Å². The van der Waals surface area contributed by atoms with Gasteiger partial charge in [0.2, 0.25) is 0 Å². The molecule has 0 amide bonds. The molecule has 3 nitrogen and oxygen atoms in total. The van der Waals surface area contributed by atoms with E-state index in [4.69, 9.17) is 0 Å². The first kappa shape index (κ1) is 13.3.